The molecule has 1 amide bonds. The number of hydrogen-bond donors (Lipinski definition) is 3. The Morgan fingerprint density at radius 2 is 2.38 bits per heavy atom. The Kier molecular flexibility index (Phi) is 5.07. The number of ether oxygens (including phenoxy) is 2. The average molecular weight is 366 g/mol. The van der Waals surface area contributed by atoms with Gasteiger partial charge < -0.3 is 25.0 Å². The molecule has 2 aromatic rings. The molecule has 0 radical (unpaired) electrons. The highest BCUT2D eigenvalue weighted by atomic mass is 19.1. The molecule has 1 aliphatic rings. The predicted octanol–water partition coefficient (Wildman–Crippen LogP) is 1.50. The van der Waals surface area contributed by atoms with Crippen LogP contribution in [0.4, 0.5) is 9.18 Å². The minimum absolute atomic E-state index is 0.0758. The lowest BCUT2D eigenvalue weighted by molar-refractivity contribution is -0.0708. The van der Waals surface area contributed by atoms with Crippen molar-refractivity contribution in [3.63, 3.8) is 0 Å². The van der Waals surface area contributed by atoms with E-state index in [4.69, 9.17) is 16.0 Å². The number of halogens is 1. The Bertz CT molecular complexity index is 832. The van der Waals surface area contributed by atoms with Crippen LogP contribution in [-0.2, 0) is 11.1 Å². The van der Waals surface area contributed by atoms with Crippen molar-refractivity contribution < 1.29 is 30.2 Å². The van der Waals surface area contributed by atoms with Gasteiger partial charge in [-0.2, -0.15) is 0 Å². The van der Waals surface area contributed by atoms with Gasteiger partial charge >= 0.3 is 6.09 Å². The number of aromatic nitrogens is 2. The summed E-state index contributed by atoms with van der Waals surface area (Å²) in [5, 5.41) is 21.6. The number of amides is 1. The first-order valence-corrected chi connectivity index (χ1v) is 8.11. The number of pyridine rings is 2. The quantitative estimate of drug-likeness (QED) is 0.735. The van der Waals surface area contributed by atoms with Crippen LogP contribution in [0.5, 0.6) is 5.88 Å². The summed E-state index contributed by atoms with van der Waals surface area (Å²) in [6, 6.07) is 2.80. The van der Waals surface area contributed by atoms with Crippen LogP contribution < -0.4 is 10.1 Å². The van der Waals surface area contributed by atoms with Gasteiger partial charge in [-0.05, 0) is 18.9 Å². The van der Waals surface area contributed by atoms with E-state index in [0.717, 1.165) is 6.20 Å². The van der Waals surface area contributed by atoms with E-state index < -0.39 is 30.5 Å². The van der Waals surface area contributed by atoms with Crippen LogP contribution in [0.25, 0.3) is 11.0 Å². The number of nitrogens with one attached hydrogen (secondary N) is 1. The fourth-order valence-electron chi connectivity index (χ4n) is 2.93. The van der Waals surface area contributed by atoms with Crippen molar-refractivity contribution >= 4 is 17.1 Å². The van der Waals surface area contributed by atoms with Gasteiger partial charge in [0.15, 0.2) is 0 Å². The molecular formula is C17H20FN3O5. The lowest BCUT2D eigenvalue weighted by Crippen LogP contribution is -2.45. The van der Waals surface area contributed by atoms with E-state index in [9.17, 15) is 14.3 Å². The molecule has 26 heavy (non-hydrogen) atoms. The summed E-state index contributed by atoms with van der Waals surface area (Å²) in [6.45, 7) is 0.0758. The maximum atomic E-state index is 14.4. The van der Waals surface area contributed by atoms with Gasteiger partial charge in [0.25, 0.3) is 0 Å². The minimum Gasteiger partial charge on any atom is -0.481 e. The Balaban J connectivity index is 1.82. The molecule has 3 rings (SSSR count). The summed E-state index contributed by atoms with van der Waals surface area (Å²) in [6.07, 6.45) is -2.75. The first kappa shape index (κ1) is 16.9. The number of carboxylic acid groups (broad SMARTS) is 1. The van der Waals surface area contributed by atoms with E-state index in [1.54, 1.807) is 12.1 Å². The lowest BCUT2D eigenvalue weighted by Gasteiger charge is -2.31. The summed E-state index contributed by atoms with van der Waals surface area (Å²) < 4.78 is 33.4. The van der Waals surface area contributed by atoms with Crippen LogP contribution in [0.3, 0.4) is 0 Å². The second kappa shape index (κ2) is 7.79. The number of nitrogens with zero attached hydrogens (tertiary/aromatic N) is 2. The summed E-state index contributed by atoms with van der Waals surface area (Å²) in [5.41, 5.74) is 0.447. The normalized spacial score (nSPS) is 23.1. The molecule has 1 aliphatic heterocycles. The molecule has 3 N–H and O–H groups in total. The van der Waals surface area contributed by atoms with Crippen LogP contribution in [0.15, 0.2) is 18.3 Å². The van der Waals surface area contributed by atoms with Crippen molar-refractivity contribution in [3.8, 4) is 5.88 Å². The molecule has 0 aliphatic carbocycles. The Morgan fingerprint density at radius 1 is 1.58 bits per heavy atom. The summed E-state index contributed by atoms with van der Waals surface area (Å²) >= 11 is 0. The highest BCUT2D eigenvalue weighted by Gasteiger charge is 2.29. The SMILES string of the molecule is [2H][C@@H](c1c(F)cnc2ccc(OC)nc12)C(O)[C@@H]1CC[C@@H](NC(=O)O)CO1. The summed E-state index contributed by atoms with van der Waals surface area (Å²) in [5.74, 6) is -0.502. The van der Waals surface area contributed by atoms with Gasteiger partial charge in [0.2, 0.25) is 5.88 Å². The largest absolute Gasteiger partial charge is 0.481 e. The van der Waals surface area contributed by atoms with E-state index >= 15 is 0 Å². The molecule has 3 heterocycles. The molecule has 2 aromatic heterocycles. The van der Waals surface area contributed by atoms with Crippen LogP contribution in [0, 0.1) is 5.82 Å². The van der Waals surface area contributed by atoms with Crippen molar-refractivity contribution in [1.29, 1.82) is 0 Å². The van der Waals surface area contributed by atoms with E-state index in [2.05, 4.69) is 15.3 Å². The Labute approximate surface area is 150 Å². The first-order chi connectivity index (χ1) is 12.9. The highest BCUT2D eigenvalue weighted by molar-refractivity contribution is 5.78. The minimum atomic E-state index is -1.36. The van der Waals surface area contributed by atoms with Gasteiger partial charge in [0.05, 0.1) is 49.2 Å². The fraction of sp³-hybridized carbons (Fsp3) is 0.471. The molecule has 1 fully saturated rings. The third kappa shape index (κ3) is 4.00. The molecule has 1 unspecified atom stereocenters. The van der Waals surface area contributed by atoms with E-state index in [0.29, 0.717) is 18.4 Å². The molecule has 140 valence electrons. The molecular weight excluding hydrogens is 345 g/mol. The number of fused-ring (bicyclic) bond motifs is 1. The number of methoxy groups -OCH3 is 1. The zero-order valence-corrected chi connectivity index (χ0v) is 14.1. The number of aliphatic hydroxyl groups is 1. The second-order valence-electron chi connectivity index (χ2n) is 5.99. The van der Waals surface area contributed by atoms with Crippen LogP contribution >= 0.6 is 0 Å². The van der Waals surface area contributed by atoms with E-state index in [1.807, 2.05) is 0 Å². The highest BCUT2D eigenvalue weighted by Crippen LogP contribution is 2.25. The van der Waals surface area contributed by atoms with Crippen LogP contribution in [0.1, 0.15) is 19.8 Å². The van der Waals surface area contributed by atoms with Gasteiger partial charge in [-0.1, -0.05) is 0 Å². The van der Waals surface area contributed by atoms with Gasteiger partial charge in [0.1, 0.15) is 5.82 Å². The number of hydrogen-bond acceptors (Lipinski definition) is 6. The topological polar surface area (TPSA) is 114 Å². The van der Waals surface area contributed by atoms with Crippen molar-refractivity contribution in [2.24, 2.45) is 0 Å². The Hall–Kier alpha value is -2.52. The molecule has 8 nitrogen and oxygen atoms in total. The Morgan fingerprint density at radius 3 is 3.04 bits per heavy atom. The molecule has 0 aromatic carbocycles. The zero-order valence-electron chi connectivity index (χ0n) is 15.1. The van der Waals surface area contributed by atoms with Gasteiger partial charge in [0, 0.05) is 19.4 Å². The van der Waals surface area contributed by atoms with Crippen molar-refractivity contribution in [2.45, 2.75) is 37.5 Å². The smallest absolute Gasteiger partial charge is 0.404 e. The average Bonchev–Trinajstić information content (AvgIpc) is 2.66. The van der Waals surface area contributed by atoms with Crippen molar-refractivity contribution in [2.75, 3.05) is 13.7 Å². The second-order valence-corrected chi connectivity index (χ2v) is 5.99. The third-order valence-corrected chi connectivity index (χ3v) is 4.24. The monoisotopic (exact) mass is 366 g/mol. The first-order valence-electron chi connectivity index (χ1n) is 8.69. The molecule has 9 heteroatoms. The maximum absolute atomic E-state index is 14.4. The summed E-state index contributed by atoms with van der Waals surface area (Å²) in [4.78, 5) is 18.8. The van der Waals surface area contributed by atoms with Gasteiger partial charge in [-0.15, -0.1) is 0 Å². The lowest BCUT2D eigenvalue weighted by atomic mass is 9.96. The summed E-state index contributed by atoms with van der Waals surface area (Å²) in [7, 11) is 1.42. The van der Waals surface area contributed by atoms with Crippen LogP contribution in [-0.4, -0.2) is 58.2 Å². The van der Waals surface area contributed by atoms with E-state index in [1.165, 1.54) is 7.11 Å². The van der Waals surface area contributed by atoms with E-state index in [-0.39, 0.29) is 29.6 Å². The third-order valence-electron chi connectivity index (χ3n) is 4.24. The fourth-order valence-corrected chi connectivity index (χ4v) is 2.93. The maximum Gasteiger partial charge on any atom is 0.404 e. The zero-order chi connectivity index (χ0) is 19.6. The standard InChI is InChI=1S/C17H20FN3O5/c1-25-15-5-3-12-16(21-15)10(11(18)7-19-12)6-13(22)14-4-2-9(8-26-14)20-17(23)24/h3,5,7,9,13-14,20,22H,2,4,6,8H2,1H3,(H,23,24)/t9-,13?,14+/m1/s1/i6D/t6-,9+,13?,14-/m0. The number of carbonyl (C=O) groups is 1. The van der Waals surface area contributed by atoms with Gasteiger partial charge in [-0.3, -0.25) is 4.98 Å². The van der Waals surface area contributed by atoms with Crippen molar-refractivity contribution in [3.05, 3.63) is 29.7 Å². The number of rotatable bonds is 5. The van der Waals surface area contributed by atoms with Crippen molar-refractivity contribution in [1.82, 2.24) is 15.3 Å². The molecule has 4 atom stereocenters. The molecule has 1 saturated heterocycles. The molecule has 0 saturated carbocycles. The molecule has 0 spiro atoms. The van der Waals surface area contributed by atoms with Gasteiger partial charge in [-0.25, -0.2) is 14.2 Å². The molecule has 0 bridgehead atoms. The van der Waals surface area contributed by atoms with Crippen LogP contribution in [0.2, 0.25) is 0 Å². The number of aliphatic hydroxyl groups excluding tert-OH is 1. The predicted molar refractivity (Wildman–Crippen MR) is 89.7 cm³/mol.